The molecule has 1 heterocycles. The lowest BCUT2D eigenvalue weighted by molar-refractivity contribution is 0.0693. The number of methoxy groups -OCH3 is 1. The molecule has 5 heteroatoms. The molecule has 2 rings (SSSR count). The molecular weight excluding hydrogens is 252 g/mol. The van der Waals surface area contributed by atoms with E-state index in [9.17, 15) is 4.79 Å². The van der Waals surface area contributed by atoms with Crippen molar-refractivity contribution in [1.29, 1.82) is 0 Å². The Hall–Kier alpha value is -1.88. The number of aryl methyl sites for hydroxylation is 1. The van der Waals surface area contributed by atoms with Crippen LogP contribution in [-0.2, 0) is 0 Å². The first-order valence-corrected chi connectivity index (χ1v) is 6.06. The summed E-state index contributed by atoms with van der Waals surface area (Å²) in [6, 6.07) is 6.69. The van der Waals surface area contributed by atoms with Crippen LogP contribution in [0.3, 0.4) is 0 Å². The Kier molecular flexibility index (Phi) is 3.62. The highest BCUT2D eigenvalue weighted by molar-refractivity contribution is 7.99. The monoisotopic (exact) mass is 264 g/mol. The Bertz CT molecular complexity index is 574. The molecule has 0 atom stereocenters. The average Bonchev–Trinajstić information content (AvgIpc) is 2.74. The molecule has 0 fully saturated rings. The first-order valence-electron chi connectivity index (χ1n) is 5.25. The van der Waals surface area contributed by atoms with Gasteiger partial charge in [-0.05, 0) is 31.2 Å². The molecule has 0 aliphatic carbocycles. The molecule has 94 valence electrons. The first-order chi connectivity index (χ1) is 8.61. The minimum Gasteiger partial charge on any atom is -0.497 e. The zero-order valence-electron chi connectivity index (χ0n) is 9.97. The van der Waals surface area contributed by atoms with Crippen LogP contribution >= 0.6 is 11.8 Å². The summed E-state index contributed by atoms with van der Waals surface area (Å²) in [5.74, 6) is 0.434. The van der Waals surface area contributed by atoms with Crippen LogP contribution in [0.25, 0.3) is 0 Å². The van der Waals surface area contributed by atoms with Crippen molar-refractivity contribution in [3.05, 3.63) is 41.9 Å². The molecule has 4 nitrogen and oxygen atoms in total. The molecule has 0 bridgehead atoms. The summed E-state index contributed by atoms with van der Waals surface area (Å²) < 4.78 is 10.3. The lowest BCUT2D eigenvalue weighted by atomic mass is 10.2. The van der Waals surface area contributed by atoms with Crippen molar-refractivity contribution in [2.45, 2.75) is 16.7 Å². The van der Waals surface area contributed by atoms with Gasteiger partial charge in [0.05, 0.1) is 23.8 Å². The van der Waals surface area contributed by atoms with Gasteiger partial charge in [0.2, 0.25) is 0 Å². The van der Waals surface area contributed by atoms with Crippen molar-refractivity contribution in [2.24, 2.45) is 0 Å². The summed E-state index contributed by atoms with van der Waals surface area (Å²) in [6.45, 7) is 1.84. The Morgan fingerprint density at radius 3 is 2.67 bits per heavy atom. The van der Waals surface area contributed by atoms with Gasteiger partial charge in [0.15, 0.2) is 0 Å². The second kappa shape index (κ2) is 5.18. The SMILES string of the molecule is COc1ccc(C(=O)O)c(Sc2ccoc2C)c1. The number of hydrogen-bond acceptors (Lipinski definition) is 4. The predicted octanol–water partition coefficient (Wildman–Crippen LogP) is 3.45. The summed E-state index contributed by atoms with van der Waals surface area (Å²) in [4.78, 5) is 12.7. The Labute approximate surface area is 109 Å². The van der Waals surface area contributed by atoms with Crippen molar-refractivity contribution in [3.63, 3.8) is 0 Å². The smallest absolute Gasteiger partial charge is 0.336 e. The fourth-order valence-corrected chi connectivity index (χ4v) is 2.48. The van der Waals surface area contributed by atoms with E-state index in [4.69, 9.17) is 14.3 Å². The number of carbonyl (C=O) groups is 1. The van der Waals surface area contributed by atoms with Gasteiger partial charge in [0.25, 0.3) is 0 Å². The van der Waals surface area contributed by atoms with Gasteiger partial charge in [0, 0.05) is 4.90 Å². The lowest BCUT2D eigenvalue weighted by Crippen LogP contribution is -1.99. The molecule has 0 saturated carbocycles. The van der Waals surface area contributed by atoms with Gasteiger partial charge in [0.1, 0.15) is 11.5 Å². The highest BCUT2D eigenvalue weighted by atomic mass is 32.2. The Morgan fingerprint density at radius 1 is 1.33 bits per heavy atom. The van der Waals surface area contributed by atoms with E-state index < -0.39 is 5.97 Å². The molecule has 18 heavy (non-hydrogen) atoms. The Morgan fingerprint density at radius 2 is 2.11 bits per heavy atom. The molecule has 1 N–H and O–H groups in total. The van der Waals surface area contributed by atoms with Gasteiger partial charge < -0.3 is 14.3 Å². The fourth-order valence-electron chi connectivity index (χ4n) is 1.49. The van der Waals surface area contributed by atoms with Gasteiger partial charge in [-0.2, -0.15) is 0 Å². The standard InChI is InChI=1S/C13H12O4S/c1-8-11(5-6-17-8)18-12-7-9(16-2)3-4-10(12)13(14)15/h3-7H,1-2H3,(H,14,15). The molecule has 0 unspecified atom stereocenters. The van der Waals surface area contributed by atoms with Crippen molar-refractivity contribution < 1.29 is 19.1 Å². The van der Waals surface area contributed by atoms with E-state index in [0.29, 0.717) is 10.6 Å². The third-order valence-corrected chi connectivity index (χ3v) is 3.65. The largest absolute Gasteiger partial charge is 0.497 e. The summed E-state index contributed by atoms with van der Waals surface area (Å²) in [7, 11) is 1.55. The normalized spacial score (nSPS) is 10.3. The third-order valence-electron chi connectivity index (χ3n) is 2.45. The van der Waals surface area contributed by atoms with E-state index in [1.807, 2.05) is 13.0 Å². The molecule has 2 aromatic rings. The van der Waals surface area contributed by atoms with Crippen LogP contribution in [-0.4, -0.2) is 18.2 Å². The van der Waals surface area contributed by atoms with Crippen LogP contribution in [0.15, 0.2) is 44.7 Å². The zero-order chi connectivity index (χ0) is 13.1. The zero-order valence-corrected chi connectivity index (χ0v) is 10.8. The minimum absolute atomic E-state index is 0.251. The molecule has 0 aliphatic heterocycles. The molecule has 1 aromatic carbocycles. The van der Waals surface area contributed by atoms with Gasteiger partial charge in [-0.1, -0.05) is 11.8 Å². The number of rotatable bonds is 4. The molecule has 0 saturated heterocycles. The number of furan rings is 1. The molecule has 0 amide bonds. The van der Waals surface area contributed by atoms with E-state index in [0.717, 1.165) is 10.7 Å². The highest BCUT2D eigenvalue weighted by Crippen LogP contribution is 2.35. The number of hydrogen-bond donors (Lipinski definition) is 1. The van der Waals surface area contributed by atoms with Crippen LogP contribution in [0.2, 0.25) is 0 Å². The van der Waals surface area contributed by atoms with Crippen molar-refractivity contribution in [2.75, 3.05) is 7.11 Å². The van der Waals surface area contributed by atoms with Crippen molar-refractivity contribution in [1.82, 2.24) is 0 Å². The summed E-state index contributed by atoms with van der Waals surface area (Å²) in [5.41, 5.74) is 0.251. The third kappa shape index (κ3) is 2.51. The number of carboxylic acids is 1. The lowest BCUT2D eigenvalue weighted by Gasteiger charge is -2.07. The topological polar surface area (TPSA) is 59.7 Å². The Balaban J connectivity index is 2.41. The van der Waals surface area contributed by atoms with Crippen molar-refractivity contribution in [3.8, 4) is 5.75 Å². The summed E-state index contributed by atoms with van der Waals surface area (Å²) in [6.07, 6.45) is 1.58. The van der Waals surface area contributed by atoms with Crippen LogP contribution in [0.5, 0.6) is 5.75 Å². The molecule has 0 aliphatic rings. The molecule has 0 spiro atoms. The van der Waals surface area contributed by atoms with Gasteiger partial charge >= 0.3 is 5.97 Å². The summed E-state index contributed by atoms with van der Waals surface area (Å²) >= 11 is 1.35. The fraction of sp³-hybridized carbons (Fsp3) is 0.154. The van der Waals surface area contributed by atoms with E-state index in [1.54, 1.807) is 31.6 Å². The highest BCUT2D eigenvalue weighted by Gasteiger charge is 2.14. The second-order valence-electron chi connectivity index (χ2n) is 3.61. The van der Waals surface area contributed by atoms with E-state index >= 15 is 0 Å². The van der Waals surface area contributed by atoms with E-state index in [1.165, 1.54) is 11.8 Å². The number of aromatic carboxylic acids is 1. The first kappa shape index (κ1) is 12.6. The number of carboxylic acid groups (broad SMARTS) is 1. The van der Waals surface area contributed by atoms with E-state index in [-0.39, 0.29) is 5.56 Å². The average molecular weight is 264 g/mol. The molecule has 0 radical (unpaired) electrons. The molecule has 1 aromatic heterocycles. The maximum absolute atomic E-state index is 11.2. The summed E-state index contributed by atoms with van der Waals surface area (Å²) in [5, 5.41) is 9.15. The van der Waals surface area contributed by atoms with Crippen molar-refractivity contribution >= 4 is 17.7 Å². The van der Waals surface area contributed by atoms with Gasteiger partial charge in [-0.25, -0.2) is 4.79 Å². The van der Waals surface area contributed by atoms with Crippen LogP contribution in [0.4, 0.5) is 0 Å². The molecular formula is C13H12O4S. The van der Waals surface area contributed by atoms with Crippen LogP contribution < -0.4 is 4.74 Å². The van der Waals surface area contributed by atoms with E-state index in [2.05, 4.69) is 0 Å². The number of benzene rings is 1. The van der Waals surface area contributed by atoms with Gasteiger partial charge in [-0.15, -0.1) is 0 Å². The quantitative estimate of drug-likeness (QED) is 0.916. The maximum atomic E-state index is 11.2. The predicted molar refractivity (Wildman–Crippen MR) is 67.5 cm³/mol. The van der Waals surface area contributed by atoms with Crippen LogP contribution in [0.1, 0.15) is 16.1 Å². The van der Waals surface area contributed by atoms with Gasteiger partial charge in [-0.3, -0.25) is 0 Å². The van der Waals surface area contributed by atoms with Crippen LogP contribution in [0, 0.1) is 6.92 Å². The number of ether oxygens (including phenoxy) is 1. The minimum atomic E-state index is -0.957. The maximum Gasteiger partial charge on any atom is 0.336 e. The second-order valence-corrected chi connectivity index (χ2v) is 4.69.